The minimum absolute atomic E-state index is 0. The molecule has 0 atom stereocenters. The fourth-order valence-electron chi connectivity index (χ4n) is 1.94. The summed E-state index contributed by atoms with van der Waals surface area (Å²) in [5.41, 5.74) is 9.99. The molecule has 0 unspecified atom stereocenters. The SMILES string of the molecule is Cc1c[c-](C)c(C)c1C.Cc1cc[c-](C)c1C.[Cl-].[Cl-].[Zr+4]. The van der Waals surface area contributed by atoms with E-state index in [2.05, 4.69) is 66.7 Å². The van der Waals surface area contributed by atoms with Crippen LogP contribution in [0.5, 0.6) is 0 Å². The van der Waals surface area contributed by atoms with Gasteiger partial charge in [0, 0.05) is 0 Å². The summed E-state index contributed by atoms with van der Waals surface area (Å²) in [4.78, 5) is 0. The van der Waals surface area contributed by atoms with Crippen LogP contribution in [0, 0.1) is 48.5 Å². The molecular formula is C17H24Cl2Zr. The Kier molecular flexibility index (Phi) is 13.6. The van der Waals surface area contributed by atoms with E-state index in [9.17, 15) is 0 Å². The van der Waals surface area contributed by atoms with Crippen molar-refractivity contribution in [1.82, 2.24) is 0 Å². The number of rotatable bonds is 0. The number of hydrogen-bond donors (Lipinski definition) is 0. The molecule has 0 heterocycles. The predicted octanol–water partition coefficient (Wildman–Crippen LogP) is -1.02. The van der Waals surface area contributed by atoms with Gasteiger partial charge in [0.2, 0.25) is 0 Å². The van der Waals surface area contributed by atoms with E-state index in [4.69, 9.17) is 0 Å². The molecule has 0 amide bonds. The minimum atomic E-state index is 0. The normalized spacial score (nSPS) is 8.55. The van der Waals surface area contributed by atoms with E-state index in [1.807, 2.05) is 0 Å². The molecule has 20 heavy (non-hydrogen) atoms. The van der Waals surface area contributed by atoms with Crippen molar-refractivity contribution in [3.8, 4) is 0 Å². The molecule has 0 nitrogen and oxygen atoms in total. The standard InChI is InChI=1S/C9H13.C8H11.2ClH.Zr/c1-6-5-7(2)9(4)8(6)3;1-6-4-5-7(2)8(6)3;;;/h5H,1-4H3;4-5H,1-3H3;2*1H;/q2*-1;;;+4/p-2. The smallest absolute Gasteiger partial charge is 1.00 e. The van der Waals surface area contributed by atoms with Gasteiger partial charge in [0.05, 0.1) is 0 Å². The molecule has 2 aromatic carbocycles. The molecule has 2 rings (SSSR count). The molecule has 110 valence electrons. The number of aryl methyl sites for hydroxylation is 4. The van der Waals surface area contributed by atoms with Crippen molar-refractivity contribution in [3.63, 3.8) is 0 Å². The summed E-state index contributed by atoms with van der Waals surface area (Å²) in [6, 6.07) is 6.56. The van der Waals surface area contributed by atoms with Gasteiger partial charge in [-0.2, -0.15) is 51.1 Å². The third kappa shape index (κ3) is 6.29. The van der Waals surface area contributed by atoms with Crippen molar-refractivity contribution in [2.45, 2.75) is 48.5 Å². The van der Waals surface area contributed by atoms with Crippen molar-refractivity contribution in [2.75, 3.05) is 0 Å². The largest absolute Gasteiger partial charge is 4.00 e. The zero-order valence-electron chi connectivity index (χ0n) is 13.5. The number of hydrogen-bond acceptors (Lipinski definition) is 0. The van der Waals surface area contributed by atoms with E-state index in [0.29, 0.717) is 0 Å². The second kappa shape index (κ2) is 10.8. The Balaban J connectivity index is -0.000000252. The van der Waals surface area contributed by atoms with Gasteiger partial charge in [0.15, 0.2) is 0 Å². The van der Waals surface area contributed by atoms with Crippen LogP contribution in [0.25, 0.3) is 0 Å². The molecule has 0 radical (unpaired) electrons. The van der Waals surface area contributed by atoms with Crippen LogP contribution >= 0.6 is 0 Å². The molecule has 0 saturated carbocycles. The Bertz CT molecular complexity index is 465. The Morgan fingerprint density at radius 1 is 0.750 bits per heavy atom. The van der Waals surface area contributed by atoms with Gasteiger partial charge >= 0.3 is 26.2 Å². The fraction of sp³-hybridized carbons (Fsp3) is 0.412. The summed E-state index contributed by atoms with van der Waals surface area (Å²) in [5.74, 6) is 0. The maximum atomic E-state index is 2.24. The maximum Gasteiger partial charge on any atom is 4.00 e. The first-order valence-corrected chi connectivity index (χ1v) is 6.24. The summed E-state index contributed by atoms with van der Waals surface area (Å²) in [6.07, 6.45) is 0. The molecule has 0 fully saturated rings. The Hall–Kier alpha value is 0.163. The maximum absolute atomic E-state index is 2.24. The van der Waals surface area contributed by atoms with Gasteiger partial charge in [-0.25, -0.2) is 6.07 Å². The van der Waals surface area contributed by atoms with Crippen molar-refractivity contribution in [1.29, 1.82) is 0 Å². The van der Waals surface area contributed by atoms with E-state index in [-0.39, 0.29) is 51.0 Å². The molecule has 0 N–H and O–H groups in total. The van der Waals surface area contributed by atoms with Gasteiger partial charge in [0.1, 0.15) is 0 Å². The summed E-state index contributed by atoms with van der Waals surface area (Å²) in [6.45, 7) is 15.1. The summed E-state index contributed by atoms with van der Waals surface area (Å²) >= 11 is 0. The molecule has 0 saturated heterocycles. The van der Waals surface area contributed by atoms with Gasteiger partial charge in [0.25, 0.3) is 0 Å². The summed E-state index contributed by atoms with van der Waals surface area (Å²) in [5, 5.41) is 0. The van der Waals surface area contributed by atoms with Crippen LogP contribution in [-0.2, 0) is 26.2 Å². The average Bonchev–Trinajstić information content (AvgIpc) is 2.69. The zero-order valence-corrected chi connectivity index (χ0v) is 17.5. The molecule has 0 aromatic heterocycles. The molecular weight excluding hydrogens is 366 g/mol. The molecule has 0 aliphatic heterocycles. The van der Waals surface area contributed by atoms with Crippen LogP contribution in [0.4, 0.5) is 0 Å². The second-order valence-electron chi connectivity index (χ2n) is 5.08. The van der Waals surface area contributed by atoms with Crippen LogP contribution in [0.1, 0.15) is 38.9 Å². The van der Waals surface area contributed by atoms with Gasteiger partial charge in [-0.3, -0.25) is 0 Å². The zero-order chi connectivity index (χ0) is 13.2. The van der Waals surface area contributed by atoms with Gasteiger partial charge in [-0.1, -0.05) is 48.5 Å². The van der Waals surface area contributed by atoms with E-state index < -0.39 is 0 Å². The average molecular weight is 391 g/mol. The topological polar surface area (TPSA) is 0 Å². The number of halogens is 2. The predicted molar refractivity (Wildman–Crippen MR) is 77.2 cm³/mol. The summed E-state index contributed by atoms with van der Waals surface area (Å²) < 4.78 is 0. The van der Waals surface area contributed by atoms with Crippen LogP contribution in [0.15, 0.2) is 18.2 Å². The van der Waals surface area contributed by atoms with Crippen LogP contribution in [0.3, 0.4) is 0 Å². The van der Waals surface area contributed by atoms with Crippen LogP contribution in [0.2, 0.25) is 0 Å². The third-order valence-electron chi connectivity index (χ3n) is 3.94. The van der Waals surface area contributed by atoms with Crippen molar-refractivity contribution in [3.05, 3.63) is 57.1 Å². The fourth-order valence-corrected chi connectivity index (χ4v) is 1.94. The molecule has 2 aromatic rings. The molecule has 0 aliphatic carbocycles. The van der Waals surface area contributed by atoms with Crippen molar-refractivity contribution in [2.24, 2.45) is 0 Å². The Morgan fingerprint density at radius 2 is 1.25 bits per heavy atom. The molecule has 0 spiro atoms. The molecule has 0 aliphatic rings. The minimum Gasteiger partial charge on any atom is -1.00 e. The van der Waals surface area contributed by atoms with E-state index in [0.717, 1.165) is 0 Å². The summed E-state index contributed by atoms with van der Waals surface area (Å²) in [7, 11) is 0. The first-order chi connectivity index (χ1) is 7.84. The molecule has 0 bridgehead atoms. The van der Waals surface area contributed by atoms with Crippen LogP contribution < -0.4 is 24.8 Å². The second-order valence-corrected chi connectivity index (χ2v) is 5.08. The Labute approximate surface area is 156 Å². The van der Waals surface area contributed by atoms with Crippen molar-refractivity contribution >= 4 is 0 Å². The third-order valence-corrected chi connectivity index (χ3v) is 3.94. The van der Waals surface area contributed by atoms with Crippen molar-refractivity contribution < 1.29 is 51.0 Å². The molecule has 3 heteroatoms. The van der Waals surface area contributed by atoms with Gasteiger partial charge < -0.3 is 24.8 Å². The van der Waals surface area contributed by atoms with Gasteiger partial charge in [-0.05, 0) is 0 Å². The Morgan fingerprint density at radius 3 is 1.35 bits per heavy atom. The monoisotopic (exact) mass is 388 g/mol. The quantitative estimate of drug-likeness (QED) is 0.505. The van der Waals surface area contributed by atoms with E-state index in [1.165, 1.54) is 38.9 Å². The van der Waals surface area contributed by atoms with E-state index >= 15 is 0 Å². The van der Waals surface area contributed by atoms with Crippen LogP contribution in [-0.4, -0.2) is 0 Å². The van der Waals surface area contributed by atoms with Gasteiger partial charge in [-0.15, -0.1) is 0 Å². The first kappa shape index (κ1) is 25.1. The first-order valence-electron chi connectivity index (χ1n) is 6.24. The van der Waals surface area contributed by atoms with E-state index in [1.54, 1.807) is 0 Å².